The van der Waals surface area contributed by atoms with E-state index in [0.717, 1.165) is 31.9 Å². The maximum atomic E-state index is 4.29. The number of rotatable bonds is 5. The molecule has 1 aromatic heterocycles. The maximum absolute atomic E-state index is 4.29. The topological polar surface area (TPSA) is 54.2 Å². The molecule has 23 heavy (non-hydrogen) atoms. The summed E-state index contributed by atoms with van der Waals surface area (Å²) >= 11 is 0. The van der Waals surface area contributed by atoms with Crippen molar-refractivity contribution in [2.75, 3.05) is 7.05 Å². The molecule has 0 fully saturated rings. The van der Waals surface area contributed by atoms with Gasteiger partial charge in [0.2, 0.25) is 0 Å². The average Bonchev–Trinajstić information content (AvgIpc) is 3.26. The van der Waals surface area contributed by atoms with E-state index in [9.17, 15) is 0 Å². The zero-order valence-corrected chi connectivity index (χ0v) is 13.4. The fourth-order valence-electron chi connectivity index (χ4n) is 2.66. The van der Waals surface area contributed by atoms with Crippen LogP contribution in [0.4, 0.5) is 0 Å². The number of nitrogens with one attached hydrogen (secondary N) is 2. The molecule has 0 radical (unpaired) electrons. The zero-order valence-electron chi connectivity index (χ0n) is 13.4. The lowest BCUT2D eigenvalue weighted by atomic mass is 10.1. The Kier molecular flexibility index (Phi) is 5.09. The first kappa shape index (κ1) is 15.3. The number of aliphatic imine (C=N–C) groups is 1. The summed E-state index contributed by atoms with van der Waals surface area (Å²) in [5.74, 6) is 0.862. The second kappa shape index (κ2) is 7.63. The van der Waals surface area contributed by atoms with Crippen LogP contribution in [-0.2, 0) is 13.1 Å². The Morgan fingerprint density at radius 1 is 1.22 bits per heavy atom. The molecule has 5 nitrogen and oxygen atoms in total. The van der Waals surface area contributed by atoms with Gasteiger partial charge in [0.15, 0.2) is 5.96 Å². The summed E-state index contributed by atoms with van der Waals surface area (Å²) in [5.41, 5.74) is 2.51. The minimum Gasteiger partial charge on any atom is -0.353 e. The lowest BCUT2D eigenvalue weighted by Crippen LogP contribution is -2.42. The summed E-state index contributed by atoms with van der Waals surface area (Å²) in [5, 5.41) is 6.82. The Hall–Kier alpha value is -2.56. The average molecular weight is 309 g/mol. The van der Waals surface area contributed by atoms with E-state index in [2.05, 4.69) is 61.6 Å². The lowest BCUT2D eigenvalue weighted by Gasteiger charge is -2.17. The molecule has 0 saturated heterocycles. The Morgan fingerprint density at radius 3 is 2.61 bits per heavy atom. The molecule has 0 saturated carbocycles. The molecular formula is C18H23N5. The molecule has 2 aromatic rings. The maximum Gasteiger partial charge on any atom is 0.191 e. The molecule has 1 aliphatic carbocycles. The lowest BCUT2D eigenvalue weighted by molar-refractivity contribution is 0.633. The predicted octanol–water partition coefficient (Wildman–Crippen LogP) is 2.32. The molecule has 2 N–H and O–H groups in total. The summed E-state index contributed by atoms with van der Waals surface area (Å²) in [6.07, 6.45) is 12.2. The molecule has 0 aliphatic heterocycles. The van der Waals surface area contributed by atoms with Gasteiger partial charge in [0, 0.05) is 38.6 Å². The number of imidazole rings is 1. The van der Waals surface area contributed by atoms with Gasteiger partial charge in [-0.1, -0.05) is 36.4 Å². The van der Waals surface area contributed by atoms with Crippen LogP contribution >= 0.6 is 0 Å². The normalized spacial score (nSPS) is 15.1. The predicted molar refractivity (Wildman–Crippen MR) is 93.3 cm³/mol. The molecule has 0 spiro atoms. The molecular weight excluding hydrogens is 286 g/mol. The quantitative estimate of drug-likeness (QED) is 0.506. The molecule has 0 bridgehead atoms. The van der Waals surface area contributed by atoms with Crippen LogP contribution in [0.1, 0.15) is 24.0 Å². The van der Waals surface area contributed by atoms with Crippen molar-refractivity contribution in [2.45, 2.75) is 32.0 Å². The standard InChI is InChI=1S/C18H23N5/c1-19-18(22-17-4-2-3-5-17)21-12-15-6-8-16(9-7-15)13-23-11-10-20-14-23/h2-3,6-11,14,17H,4-5,12-13H2,1H3,(H2,19,21,22). The van der Waals surface area contributed by atoms with E-state index in [0.29, 0.717) is 6.04 Å². The van der Waals surface area contributed by atoms with Crippen molar-refractivity contribution in [1.82, 2.24) is 20.2 Å². The minimum absolute atomic E-state index is 0.471. The fourth-order valence-corrected chi connectivity index (χ4v) is 2.66. The summed E-state index contributed by atoms with van der Waals surface area (Å²) in [6.45, 7) is 1.62. The molecule has 3 rings (SSSR count). The highest BCUT2D eigenvalue weighted by molar-refractivity contribution is 5.80. The molecule has 1 aliphatic rings. The first-order valence-electron chi connectivity index (χ1n) is 7.99. The highest BCUT2D eigenvalue weighted by Crippen LogP contribution is 2.09. The highest BCUT2D eigenvalue weighted by Gasteiger charge is 2.11. The number of guanidine groups is 1. The molecule has 0 unspecified atom stereocenters. The van der Waals surface area contributed by atoms with Gasteiger partial charge >= 0.3 is 0 Å². The SMILES string of the molecule is CN=C(NCc1ccc(Cn2ccnc2)cc1)NC1CC=CC1. The van der Waals surface area contributed by atoms with Gasteiger partial charge in [-0.25, -0.2) is 4.98 Å². The van der Waals surface area contributed by atoms with Crippen LogP contribution < -0.4 is 10.6 Å². The van der Waals surface area contributed by atoms with Gasteiger partial charge in [-0.2, -0.15) is 0 Å². The Balaban J connectivity index is 1.49. The van der Waals surface area contributed by atoms with Crippen molar-refractivity contribution in [3.8, 4) is 0 Å². The fraction of sp³-hybridized carbons (Fsp3) is 0.333. The van der Waals surface area contributed by atoms with Gasteiger partial charge in [0.25, 0.3) is 0 Å². The van der Waals surface area contributed by atoms with E-state index in [1.54, 1.807) is 6.20 Å². The largest absolute Gasteiger partial charge is 0.353 e. The van der Waals surface area contributed by atoms with Gasteiger partial charge in [0.1, 0.15) is 0 Å². The third-order valence-corrected chi connectivity index (χ3v) is 3.98. The number of benzene rings is 1. The number of hydrogen-bond acceptors (Lipinski definition) is 2. The second-order valence-electron chi connectivity index (χ2n) is 5.76. The van der Waals surface area contributed by atoms with Gasteiger partial charge in [-0.3, -0.25) is 4.99 Å². The number of nitrogens with zero attached hydrogens (tertiary/aromatic N) is 3. The van der Waals surface area contributed by atoms with E-state index in [-0.39, 0.29) is 0 Å². The number of hydrogen-bond donors (Lipinski definition) is 2. The van der Waals surface area contributed by atoms with Crippen molar-refractivity contribution in [3.63, 3.8) is 0 Å². The van der Waals surface area contributed by atoms with Crippen molar-refractivity contribution in [2.24, 2.45) is 4.99 Å². The van der Waals surface area contributed by atoms with Crippen LogP contribution in [0.5, 0.6) is 0 Å². The van der Waals surface area contributed by atoms with Crippen molar-refractivity contribution < 1.29 is 0 Å². The van der Waals surface area contributed by atoms with Crippen molar-refractivity contribution >= 4 is 5.96 Å². The zero-order chi connectivity index (χ0) is 15.9. The minimum atomic E-state index is 0.471. The first-order valence-corrected chi connectivity index (χ1v) is 7.99. The highest BCUT2D eigenvalue weighted by atomic mass is 15.2. The summed E-state index contributed by atoms with van der Waals surface area (Å²) in [4.78, 5) is 8.35. The van der Waals surface area contributed by atoms with Crippen LogP contribution in [-0.4, -0.2) is 28.6 Å². The summed E-state index contributed by atoms with van der Waals surface area (Å²) in [6, 6.07) is 9.11. The summed E-state index contributed by atoms with van der Waals surface area (Å²) in [7, 11) is 1.81. The Bertz CT molecular complexity index is 647. The van der Waals surface area contributed by atoms with Crippen LogP contribution in [0.15, 0.2) is 60.1 Å². The van der Waals surface area contributed by atoms with Crippen LogP contribution in [0.25, 0.3) is 0 Å². The first-order chi connectivity index (χ1) is 11.3. The van der Waals surface area contributed by atoms with Crippen LogP contribution in [0.3, 0.4) is 0 Å². The van der Waals surface area contributed by atoms with E-state index in [4.69, 9.17) is 0 Å². The third-order valence-electron chi connectivity index (χ3n) is 3.98. The molecule has 5 heteroatoms. The van der Waals surface area contributed by atoms with Gasteiger partial charge in [0.05, 0.1) is 6.33 Å². The van der Waals surface area contributed by atoms with E-state index in [1.807, 2.05) is 19.6 Å². The monoisotopic (exact) mass is 309 g/mol. The third kappa shape index (κ3) is 4.45. The molecule has 0 amide bonds. The molecule has 0 atom stereocenters. The Labute approximate surface area is 137 Å². The second-order valence-corrected chi connectivity index (χ2v) is 5.76. The molecule has 1 aromatic carbocycles. The molecule has 1 heterocycles. The van der Waals surface area contributed by atoms with Crippen molar-refractivity contribution in [3.05, 3.63) is 66.3 Å². The van der Waals surface area contributed by atoms with E-state index < -0.39 is 0 Å². The van der Waals surface area contributed by atoms with Crippen LogP contribution in [0, 0.1) is 0 Å². The van der Waals surface area contributed by atoms with E-state index in [1.165, 1.54) is 11.1 Å². The van der Waals surface area contributed by atoms with Gasteiger partial charge < -0.3 is 15.2 Å². The van der Waals surface area contributed by atoms with Gasteiger partial charge in [-0.15, -0.1) is 0 Å². The Morgan fingerprint density at radius 2 is 1.96 bits per heavy atom. The van der Waals surface area contributed by atoms with Crippen LogP contribution in [0.2, 0.25) is 0 Å². The smallest absolute Gasteiger partial charge is 0.191 e. The van der Waals surface area contributed by atoms with Gasteiger partial charge in [-0.05, 0) is 24.0 Å². The summed E-state index contributed by atoms with van der Waals surface area (Å²) < 4.78 is 2.06. The number of aromatic nitrogens is 2. The van der Waals surface area contributed by atoms with E-state index >= 15 is 0 Å². The van der Waals surface area contributed by atoms with Crippen molar-refractivity contribution in [1.29, 1.82) is 0 Å². The molecule has 120 valence electrons.